The Bertz CT molecular complexity index is 1580. The van der Waals surface area contributed by atoms with E-state index < -0.39 is 36.5 Å². The number of fused-ring (bicyclic) bond motifs is 1. The molecule has 11 nitrogen and oxygen atoms in total. The van der Waals surface area contributed by atoms with E-state index in [9.17, 15) is 32.4 Å². The molecule has 0 bridgehead atoms. The van der Waals surface area contributed by atoms with E-state index in [0.29, 0.717) is 25.6 Å². The normalized spacial score (nSPS) is 16.3. The Morgan fingerprint density at radius 2 is 1.93 bits per heavy atom. The highest BCUT2D eigenvalue weighted by atomic mass is 31.2. The van der Waals surface area contributed by atoms with Gasteiger partial charge in [-0.15, -0.1) is 0 Å². The van der Waals surface area contributed by atoms with Crippen LogP contribution in [0.25, 0.3) is 22.2 Å². The molecular formula is C29H38F3N6O5P. The fourth-order valence-electron chi connectivity index (χ4n) is 5.36. The molecule has 1 aliphatic rings. The predicted octanol–water partition coefficient (Wildman–Crippen LogP) is 5.24. The summed E-state index contributed by atoms with van der Waals surface area (Å²) in [6.07, 6.45) is -1.38. The number of aromatic amines is 1. The number of H-pyrrole nitrogens is 1. The molecule has 0 saturated carbocycles. The Morgan fingerprint density at radius 1 is 1.20 bits per heavy atom. The molecule has 44 heavy (non-hydrogen) atoms. The van der Waals surface area contributed by atoms with Crippen molar-refractivity contribution in [2.24, 2.45) is 5.92 Å². The molecule has 3 aromatic rings. The minimum Gasteiger partial charge on any atom is -0.478 e. The molecule has 240 valence electrons. The van der Waals surface area contributed by atoms with Crippen LogP contribution >= 0.6 is 7.14 Å². The van der Waals surface area contributed by atoms with E-state index in [4.69, 9.17) is 4.74 Å². The molecule has 0 spiro atoms. The lowest BCUT2D eigenvalue weighted by Gasteiger charge is -2.20. The van der Waals surface area contributed by atoms with E-state index in [2.05, 4.69) is 30.5 Å². The Hall–Kier alpha value is -3.64. The number of aromatic nitrogens is 3. The second kappa shape index (κ2) is 12.8. The molecule has 15 heteroatoms. The summed E-state index contributed by atoms with van der Waals surface area (Å²) in [4.78, 5) is 36.9. The van der Waals surface area contributed by atoms with Crippen molar-refractivity contribution in [1.82, 2.24) is 25.2 Å². The summed E-state index contributed by atoms with van der Waals surface area (Å²) in [7, 11) is -3.14. The number of carboxylic acid groups (broad SMARTS) is 1. The lowest BCUT2D eigenvalue weighted by Crippen LogP contribution is -2.33. The average molecular weight is 639 g/mol. The standard InChI is InChI=1S/C29H38F3N6O5P/c1-28(2,3)43-27(41)34-10-8-17-9-12-38(16-17)13-11-33-26-36-15-21(29(30,31)32)22(37-26)20-14-35-23-18(20)6-7-19(25(39)40)24(23)44(4,5)42/h6-7,14-15,17,35H,8-13,16H2,1-5H3,(H,34,41)(H,39,40)(H,33,36,37). The van der Waals surface area contributed by atoms with Gasteiger partial charge in [0.25, 0.3) is 0 Å². The molecule has 1 unspecified atom stereocenters. The van der Waals surface area contributed by atoms with Crippen LogP contribution in [-0.4, -0.2) is 88.7 Å². The zero-order chi connectivity index (χ0) is 32.4. The van der Waals surface area contributed by atoms with Crippen LogP contribution in [0.2, 0.25) is 0 Å². The molecule has 3 heterocycles. The second-order valence-electron chi connectivity index (χ2n) is 12.3. The molecule has 1 aliphatic heterocycles. The van der Waals surface area contributed by atoms with E-state index in [1.165, 1.54) is 31.7 Å². The Balaban J connectivity index is 1.46. The number of likely N-dealkylation sites (tertiary alicyclic amines) is 1. The molecule has 1 aromatic carbocycles. The highest BCUT2D eigenvalue weighted by Gasteiger charge is 2.37. The zero-order valence-corrected chi connectivity index (χ0v) is 26.2. The van der Waals surface area contributed by atoms with Crippen LogP contribution in [0, 0.1) is 5.92 Å². The quantitative estimate of drug-likeness (QED) is 0.219. The number of anilines is 1. The number of carboxylic acids is 1. The molecule has 0 radical (unpaired) electrons. The maximum absolute atomic E-state index is 14.0. The van der Waals surface area contributed by atoms with Crippen molar-refractivity contribution in [3.63, 3.8) is 0 Å². The summed E-state index contributed by atoms with van der Waals surface area (Å²) in [5, 5.41) is 15.8. The maximum atomic E-state index is 14.0. The summed E-state index contributed by atoms with van der Waals surface area (Å²) in [6, 6.07) is 2.65. The Labute approximate surface area is 253 Å². The van der Waals surface area contributed by atoms with Gasteiger partial charge in [-0.3, -0.25) is 0 Å². The Kier molecular flexibility index (Phi) is 9.65. The fraction of sp³-hybridized carbons (Fsp3) is 0.517. The van der Waals surface area contributed by atoms with Crippen LogP contribution in [0.4, 0.5) is 23.9 Å². The lowest BCUT2D eigenvalue weighted by molar-refractivity contribution is -0.137. The number of alkyl halides is 3. The average Bonchev–Trinajstić information content (AvgIpc) is 3.52. The molecule has 4 rings (SSSR count). The van der Waals surface area contributed by atoms with Crippen molar-refractivity contribution >= 4 is 41.4 Å². The molecule has 4 N–H and O–H groups in total. The number of halogens is 3. The van der Waals surface area contributed by atoms with E-state index in [1.807, 2.05) is 0 Å². The van der Waals surface area contributed by atoms with E-state index in [1.54, 1.807) is 20.8 Å². The monoisotopic (exact) mass is 638 g/mol. The molecule has 1 atom stereocenters. The number of alkyl carbamates (subject to hydrolysis) is 1. The third kappa shape index (κ3) is 8.09. The molecule has 0 aliphatic carbocycles. The van der Waals surface area contributed by atoms with Crippen LogP contribution in [0.5, 0.6) is 0 Å². The number of aromatic carboxylic acids is 1. The first-order valence-electron chi connectivity index (χ1n) is 14.2. The Morgan fingerprint density at radius 3 is 2.57 bits per heavy atom. The van der Waals surface area contributed by atoms with Gasteiger partial charge >= 0.3 is 18.2 Å². The largest absolute Gasteiger partial charge is 0.478 e. The number of benzene rings is 1. The van der Waals surface area contributed by atoms with E-state index >= 15 is 0 Å². The summed E-state index contributed by atoms with van der Waals surface area (Å²) in [5.74, 6) is -0.874. The number of hydrogen-bond acceptors (Lipinski definition) is 8. The van der Waals surface area contributed by atoms with Crippen molar-refractivity contribution in [3.8, 4) is 11.3 Å². The minimum atomic E-state index is -4.75. The number of carbonyl (C=O) groups excluding carboxylic acids is 1. The number of rotatable bonds is 10. The van der Waals surface area contributed by atoms with Gasteiger partial charge in [0.1, 0.15) is 18.3 Å². The van der Waals surface area contributed by atoms with Crippen LogP contribution in [0.1, 0.15) is 49.5 Å². The van der Waals surface area contributed by atoms with Crippen LogP contribution in [0.3, 0.4) is 0 Å². The summed E-state index contributed by atoms with van der Waals surface area (Å²) in [5.41, 5.74) is -1.88. The molecule has 1 saturated heterocycles. The molecule has 1 amide bonds. The number of nitrogens with zero attached hydrogens (tertiary/aromatic N) is 3. The van der Waals surface area contributed by atoms with E-state index in [0.717, 1.165) is 32.1 Å². The molecule has 2 aromatic heterocycles. The van der Waals surface area contributed by atoms with E-state index in [-0.39, 0.29) is 39.0 Å². The van der Waals surface area contributed by atoms with Gasteiger partial charge in [0.2, 0.25) is 5.95 Å². The minimum absolute atomic E-state index is 0.0127. The topological polar surface area (TPSA) is 150 Å². The zero-order valence-electron chi connectivity index (χ0n) is 25.3. The first-order chi connectivity index (χ1) is 20.4. The van der Waals surface area contributed by atoms with Crippen LogP contribution in [0.15, 0.2) is 24.5 Å². The highest BCUT2D eigenvalue weighted by molar-refractivity contribution is 7.70. The number of ether oxygens (including phenoxy) is 1. The van der Waals surface area contributed by atoms with Gasteiger partial charge in [0, 0.05) is 54.8 Å². The van der Waals surface area contributed by atoms with Gasteiger partial charge in [0.05, 0.1) is 16.8 Å². The van der Waals surface area contributed by atoms with Crippen molar-refractivity contribution in [2.45, 2.75) is 45.4 Å². The van der Waals surface area contributed by atoms with Gasteiger partial charge in [0.15, 0.2) is 0 Å². The third-order valence-electron chi connectivity index (χ3n) is 7.25. The number of amides is 1. The van der Waals surface area contributed by atoms with Crippen LogP contribution < -0.4 is 15.9 Å². The first-order valence-corrected chi connectivity index (χ1v) is 16.8. The fourth-order valence-corrected chi connectivity index (χ4v) is 6.84. The smallest absolute Gasteiger partial charge is 0.419 e. The van der Waals surface area contributed by atoms with Gasteiger partial charge in [-0.1, -0.05) is 6.07 Å². The van der Waals surface area contributed by atoms with Gasteiger partial charge in [-0.05, 0) is 65.5 Å². The number of hydrogen-bond donors (Lipinski definition) is 4. The first kappa shape index (κ1) is 33.3. The summed E-state index contributed by atoms with van der Waals surface area (Å²) in [6.45, 7) is 11.4. The van der Waals surface area contributed by atoms with Crippen molar-refractivity contribution in [1.29, 1.82) is 0 Å². The summed E-state index contributed by atoms with van der Waals surface area (Å²) < 4.78 is 60.4. The van der Waals surface area contributed by atoms with Crippen LogP contribution in [-0.2, 0) is 15.5 Å². The third-order valence-corrected chi connectivity index (χ3v) is 8.79. The van der Waals surface area contributed by atoms with Gasteiger partial charge in [-0.25, -0.2) is 19.6 Å². The highest BCUT2D eigenvalue weighted by Crippen LogP contribution is 2.43. The summed E-state index contributed by atoms with van der Waals surface area (Å²) >= 11 is 0. The maximum Gasteiger partial charge on any atom is 0.419 e. The van der Waals surface area contributed by atoms with Crippen molar-refractivity contribution in [2.75, 3.05) is 51.4 Å². The lowest BCUT2D eigenvalue weighted by atomic mass is 10.0. The molecule has 1 fully saturated rings. The van der Waals surface area contributed by atoms with Crippen molar-refractivity contribution < 1.29 is 37.2 Å². The number of nitrogens with one attached hydrogen (secondary N) is 3. The van der Waals surface area contributed by atoms with Gasteiger partial charge < -0.3 is 34.9 Å². The van der Waals surface area contributed by atoms with Crippen molar-refractivity contribution in [3.05, 3.63) is 35.7 Å². The SMILES string of the molecule is CC(C)(C)OC(=O)NCCC1CCN(CCNc2ncc(C(F)(F)F)c(-c3c[nH]c4c(P(C)(C)=O)c(C(=O)O)ccc34)n2)C1. The molecular weight excluding hydrogens is 600 g/mol. The van der Waals surface area contributed by atoms with Gasteiger partial charge in [-0.2, -0.15) is 13.2 Å². The second-order valence-corrected chi connectivity index (χ2v) is 15.4. The number of carbonyl (C=O) groups is 2. The predicted molar refractivity (Wildman–Crippen MR) is 162 cm³/mol.